The van der Waals surface area contributed by atoms with Crippen molar-refractivity contribution < 1.29 is 9.53 Å². The first-order chi connectivity index (χ1) is 13.9. The summed E-state index contributed by atoms with van der Waals surface area (Å²) in [5.41, 5.74) is 0.709. The minimum absolute atomic E-state index is 0.00657. The zero-order valence-electron chi connectivity index (χ0n) is 16.9. The molecule has 0 saturated heterocycles. The summed E-state index contributed by atoms with van der Waals surface area (Å²) in [6.07, 6.45) is 3.99. The van der Waals surface area contributed by atoms with Gasteiger partial charge in [-0.05, 0) is 61.3 Å². The SMILES string of the molecule is COc1ccc(NC(=O)Cn2c3c(sc2=O)C(C)(C)C2C4CCC(C4)C2S3)cc1. The highest BCUT2D eigenvalue weighted by molar-refractivity contribution is 8.00. The molecule has 154 valence electrons. The summed E-state index contributed by atoms with van der Waals surface area (Å²) in [5.74, 6) is 2.78. The van der Waals surface area contributed by atoms with Crippen LogP contribution in [-0.2, 0) is 16.8 Å². The van der Waals surface area contributed by atoms with E-state index in [9.17, 15) is 9.59 Å². The predicted molar refractivity (Wildman–Crippen MR) is 117 cm³/mol. The Morgan fingerprint density at radius 3 is 2.69 bits per heavy atom. The van der Waals surface area contributed by atoms with Crippen LogP contribution in [0.3, 0.4) is 0 Å². The lowest BCUT2D eigenvalue weighted by molar-refractivity contribution is -0.116. The summed E-state index contributed by atoms with van der Waals surface area (Å²) < 4.78 is 6.85. The van der Waals surface area contributed by atoms with Crippen LogP contribution in [0.2, 0.25) is 0 Å². The molecule has 1 aliphatic heterocycles. The molecule has 2 bridgehead atoms. The minimum Gasteiger partial charge on any atom is -0.497 e. The number of nitrogens with zero attached hydrogens (tertiary/aromatic N) is 1. The zero-order valence-corrected chi connectivity index (χ0v) is 18.6. The first kappa shape index (κ1) is 19.2. The standard InChI is InChI=1S/C22H26N2O3S2/c1-22(2)17-12-4-5-13(10-12)18(17)28-20-19(22)29-21(26)24(20)11-16(25)23-14-6-8-15(27-3)9-7-14/h6-9,12-13,17-18H,4-5,10-11H2,1-3H3,(H,23,25). The third kappa shape index (κ3) is 3.05. The molecule has 29 heavy (non-hydrogen) atoms. The predicted octanol–water partition coefficient (Wildman–Crippen LogP) is 4.36. The fraction of sp³-hybridized carbons (Fsp3) is 0.545. The number of amides is 1. The van der Waals surface area contributed by atoms with Gasteiger partial charge < -0.3 is 10.1 Å². The number of fused-ring (bicyclic) bond motifs is 6. The van der Waals surface area contributed by atoms with Crippen molar-refractivity contribution in [3.8, 4) is 5.75 Å². The molecular formula is C22H26N2O3S2. The second-order valence-corrected chi connectivity index (χ2v) is 11.2. The highest BCUT2D eigenvalue weighted by atomic mass is 32.2. The molecule has 4 atom stereocenters. The smallest absolute Gasteiger partial charge is 0.308 e. The molecule has 1 amide bonds. The molecule has 2 fully saturated rings. The molecule has 1 aromatic heterocycles. The number of methoxy groups -OCH3 is 1. The van der Waals surface area contributed by atoms with Crippen molar-refractivity contribution in [3.63, 3.8) is 0 Å². The highest BCUT2D eigenvalue weighted by Crippen LogP contribution is 2.64. The first-order valence-corrected chi connectivity index (χ1v) is 11.9. The van der Waals surface area contributed by atoms with Crippen LogP contribution in [-0.4, -0.2) is 22.8 Å². The molecule has 0 spiro atoms. The van der Waals surface area contributed by atoms with Crippen molar-refractivity contribution in [2.75, 3.05) is 12.4 Å². The van der Waals surface area contributed by atoms with Crippen molar-refractivity contribution in [2.24, 2.45) is 17.8 Å². The van der Waals surface area contributed by atoms with E-state index >= 15 is 0 Å². The molecule has 0 radical (unpaired) electrons. The lowest BCUT2D eigenvalue weighted by atomic mass is 9.69. The van der Waals surface area contributed by atoms with E-state index in [1.807, 2.05) is 23.9 Å². The number of ether oxygens (including phenoxy) is 1. The number of benzene rings is 1. The van der Waals surface area contributed by atoms with Crippen molar-refractivity contribution >= 4 is 34.7 Å². The molecule has 2 aliphatic carbocycles. The Kier molecular flexibility index (Phi) is 4.59. The van der Waals surface area contributed by atoms with Crippen molar-refractivity contribution in [1.82, 2.24) is 4.57 Å². The van der Waals surface area contributed by atoms with E-state index in [0.717, 1.165) is 22.6 Å². The Morgan fingerprint density at radius 1 is 1.24 bits per heavy atom. The van der Waals surface area contributed by atoms with E-state index < -0.39 is 0 Å². The average molecular weight is 431 g/mol. The average Bonchev–Trinajstić information content (AvgIpc) is 3.38. The summed E-state index contributed by atoms with van der Waals surface area (Å²) in [4.78, 5) is 26.7. The number of thiazole rings is 1. The third-order valence-corrected chi connectivity index (χ3v) is 10.1. The molecule has 2 aromatic rings. The lowest BCUT2D eigenvalue weighted by Crippen LogP contribution is -2.43. The van der Waals surface area contributed by atoms with E-state index in [0.29, 0.717) is 16.9 Å². The van der Waals surface area contributed by atoms with Crippen LogP contribution in [0.5, 0.6) is 5.75 Å². The van der Waals surface area contributed by atoms with Gasteiger partial charge in [0.05, 0.1) is 12.1 Å². The Balaban J connectivity index is 1.40. The molecule has 4 unspecified atom stereocenters. The molecule has 2 saturated carbocycles. The third-order valence-electron chi connectivity index (χ3n) is 7.03. The molecule has 1 aromatic carbocycles. The number of aromatic nitrogens is 1. The van der Waals surface area contributed by atoms with Crippen LogP contribution >= 0.6 is 23.1 Å². The summed E-state index contributed by atoms with van der Waals surface area (Å²) in [6, 6.07) is 7.23. The largest absolute Gasteiger partial charge is 0.497 e. The van der Waals surface area contributed by atoms with Crippen LogP contribution < -0.4 is 14.9 Å². The quantitative estimate of drug-likeness (QED) is 0.783. The number of hydrogen-bond donors (Lipinski definition) is 1. The maximum atomic E-state index is 12.8. The number of carbonyl (C=O) groups is 1. The Morgan fingerprint density at radius 2 is 1.97 bits per heavy atom. The molecule has 1 N–H and O–H groups in total. The number of thioether (sulfide) groups is 1. The van der Waals surface area contributed by atoms with E-state index in [1.54, 1.807) is 23.8 Å². The van der Waals surface area contributed by atoms with Gasteiger partial charge in [0, 0.05) is 21.2 Å². The summed E-state index contributed by atoms with van der Waals surface area (Å²) >= 11 is 3.21. The number of nitrogens with one attached hydrogen (secondary N) is 1. The van der Waals surface area contributed by atoms with Crippen LogP contribution in [0.15, 0.2) is 34.1 Å². The summed E-state index contributed by atoms with van der Waals surface area (Å²) in [5, 5.41) is 4.52. The van der Waals surface area contributed by atoms with Crippen molar-refractivity contribution in [1.29, 1.82) is 0 Å². The molecule has 5 nitrogen and oxygen atoms in total. The van der Waals surface area contributed by atoms with E-state index in [4.69, 9.17) is 4.74 Å². The molecule has 2 heterocycles. The Hall–Kier alpha value is -1.73. The van der Waals surface area contributed by atoms with Gasteiger partial charge >= 0.3 is 4.87 Å². The monoisotopic (exact) mass is 430 g/mol. The van der Waals surface area contributed by atoms with Gasteiger partial charge in [-0.15, -0.1) is 11.8 Å². The highest BCUT2D eigenvalue weighted by Gasteiger charge is 2.57. The molecular weight excluding hydrogens is 404 g/mol. The summed E-state index contributed by atoms with van der Waals surface area (Å²) in [7, 11) is 1.61. The van der Waals surface area contributed by atoms with Gasteiger partial charge in [-0.2, -0.15) is 0 Å². The zero-order chi connectivity index (χ0) is 20.3. The second-order valence-electron chi connectivity index (χ2n) is 9.03. The van der Waals surface area contributed by atoms with Gasteiger partial charge in [0.15, 0.2) is 0 Å². The fourth-order valence-electron chi connectivity index (χ4n) is 5.76. The molecule has 7 heteroatoms. The van der Waals surface area contributed by atoms with Crippen molar-refractivity contribution in [2.45, 2.75) is 55.3 Å². The normalized spacial score (nSPS) is 28.7. The van der Waals surface area contributed by atoms with Crippen LogP contribution in [0.4, 0.5) is 5.69 Å². The van der Waals surface area contributed by atoms with Crippen LogP contribution in [0.25, 0.3) is 0 Å². The topological polar surface area (TPSA) is 60.3 Å². The van der Waals surface area contributed by atoms with Crippen LogP contribution in [0.1, 0.15) is 38.0 Å². The number of hydrogen-bond acceptors (Lipinski definition) is 5. The lowest BCUT2D eigenvalue weighted by Gasteiger charge is -2.45. The maximum Gasteiger partial charge on any atom is 0.308 e. The van der Waals surface area contributed by atoms with Gasteiger partial charge in [0.2, 0.25) is 5.91 Å². The van der Waals surface area contributed by atoms with E-state index in [-0.39, 0.29) is 22.7 Å². The minimum atomic E-state index is -0.175. The second kappa shape index (κ2) is 6.91. The summed E-state index contributed by atoms with van der Waals surface area (Å²) in [6.45, 7) is 4.68. The van der Waals surface area contributed by atoms with Crippen molar-refractivity contribution in [3.05, 3.63) is 38.8 Å². The number of rotatable bonds is 4. The van der Waals surface area contributed by atoms with E-state index in [1.165, 1.54) is 35.5 Å². The number of anilines is 1. The van der Waals surface area contributed by atoms with Gasteiger partial charge in [0.1, 0.15) is 12.3 Å². The number of carbonyl (C=O) groups excluding carboxylic acids is 1. The fourth-order valence-corrected chi connectivity index (χ4v) is 9.17. The van der Waals surface area contributed by atoms with E-state index in [2.05, 4.69) is 19.2 Å². The van der Waals surface area contributed by atoms with Gasteiger partial charge in [0.25, 0.3) is 0 Å². The Labute approximate surface area is 178 Å². The van der Waals surface area contributed by atoms with Gasteiger partial charge in [-0.25, -0.2) is 0 Å². The maximum absolute atomic E-state index is 12.8. The first-order valence-electron chi connectivity index (χ1n) is 10.2. The molecule has 5 rings (SSSR count). The Bertz CT molecular complexity index is 1010. The van der Waals surface area contributed by atoms with Gasteiger partial charge in [-0.3, -0.25) is 14.2 Å². The molecule has 3 aliphatic rings. The van der Waals surface area contributed by atoms with Crippen LogP contribution in [0, 0.1) is 17.8 Å². The van der Waals surface area contributed by atoms with Gasteiger partial charge in [-0.1, -0.05) is 25.2 Å².